The second kappa shape index (κ2) is 12.5. The Morgan fingerprint density at radius 1 is 1.05 bits per heavy atom. The summed E-state index contributed by atoms with van der Waals surface area (Å²) in [7, 11) is -4.06. The molecule has 11 heteroatoms. The zero-order valence-electron chi connectivity index (χ0n) is 21.2. The Bertz CT molecular complexity index is 1470. The van der Waals surface area contributed by atoms with Crippen molar-refractivity contribution < 1.29 is 22.4 Å². The van der Waals surface area contributed by atoms with E-state index in [4.69, 9.17) is 23.2 Å². The number of rotatable bonds is 8. The van der Waals surface area contributed by atoms with Crippen LogP contribution in [0, 0.1) is 12.7 Å². The highest BCUT2D eigenvalue weighted by Crippen LogP contribution is 2.26. The van der Waals surface area contributed by atoms with E-state index in [0.717, 1.165) is 6.42 Å². The first-order valence-corrected chi connectivity index (χ1v) is 14.6. The molecular weight excluding hydrogens is 564 g/mol. The van der Waals surface area contributed by atoms with Crippen LogP contribution in [0.3, 0.4) is 0 Å². The maximum Gasteiger partial charge on any atom is 0.251 e. The fourth-order valence-corrected chi connectivity index (χ4v) is 6.34. The maximum absolute atomic E-state index is 14.4. The Morgan fingerprint density at radius 3 is 2.44 bits per heavy atom. The van der Waals surface area contributed by atoms with Crippen molar-refractivity contribution in [2.75, 3.05) is 6.54 Å². The molecule has 1 heterocycles. The third kappa shape index (κ3) is 6.78. The van der Waals surface area contributed by atoms with Gasteiger partial charge in [-0.05, 0) is 79.8 Å². The molecule has 0 aromatic heterocycles. The first kappa shape index (κ1) is 29.0. The maximum atomic E-state index is 14.4. The fraction of sp³-hybridized carbons (Fsp3) is 0.286. The quantitative estimate of drug-likeness (QED) is 0.375. The molecule has 1 fully saturated rings. The Hall–Kier alpha value is -2.98. The second-order valence-corrected chi connectivity index (χ2v) is 12.1. The van der Waals surface area contributed by atoms with Crippen LogP contribution < -0.4 is 10.6 Å². The minimum absolute atomic E-state index is 0.0296. The molecule has 3 aromatic rings. The largest absolute Gasteiger partial charge is 0.355 e. The summed E-state index contributed by atoms with van der Waals surface area (Å²) in [6.07, 6.45) is 1.84. The van der Waals surface area contributed by atoms with Crippen LogP contribution in [-0.2, 0) is 27.9 Å². The summed E-state index contributed by atoms with van der Waals surface area (Å²) in [5.41, 5.74) is 1.52. The van der Waals surface area contributed by atoms with Crippen LogP contribution in [0.15, 0.2) is 65.6 Å². The number of hydrogen-bond donors (Lipinski definition) is 2. The third-order valence-corrected chi connectivity index (χ3v) is 9.11. The van der Waals surface area contributed by atoms with E-state index in [1.165, 1.54) is 28.6 Å². The molecule has 1 atom stereocenters. The molecule has 0 radical (unpaired) electrons. The molecule has 0 aliphatic carbocycles. The van der Waals surface area contributed by atoms with E-state index in [1.807, 2.05) is 0 Å². The summed E-state index contributed by atoms with van der Waals surface area (Å²) in [6.45, 7) is 1.95. The molecule has 206 valence electrons. The Kier molecular flexibility index (Phi) is 9.27. The number of nitrogens with zero attached hydrogens (tertiary/aromatic N) is 1. The molecule has 2 N–H and O–H groups in total. The minimum Gasteiger partial charge on any atom is -0.355 e. The monoisotopic (exact) mass is 591 g/mol. The lowest BCUT2D eigenvalue weighted by Gasteiger charge is -2.29. The van der Waals surface area contributed by atoms with Crippen molar-refractivity contribution in [3.05, 3.63) is 98.8 Å². The predicted octanol–water partition coefficient (Wildman–Crippen LogP) is 5.23. The summed E-state index contributed by atoms with van der Waals surface area (Å²) in [4.78, 5) is 25.6. The fourth-order valence-electron chi connectivity index (χ4n) is 4.39. The van der Waals surface area contributed by atoms with Crippen LogP contribution in [0.4, 0.5) is 4.39 Å². The topological polar surface area (TPSA) is 95.6 Å². The summed E-state index contributed by atoms with van der Waals surface area (Å²) in [6, 6.07) is 14.4. The highest BCUT2D eigenvalue weighted by Gasteiger charge is 2.36. The molecular formula is C28H28Cl2FN3O4S. The molecule has 1 saturated heterocycles. The lowest BCUT2D eigenvalue weighted by Crippen LogP contribution is -2.48. The van der Waals surface area contributed by atoms with Crippen molar-refractivity contribution in [3.8, 4) is 0 Å². The molecule has 4 rings (SSSR count). The number of hydrogen-bond acceptors (Lipinski definition) is 4. The summed E-state index contributed by atoms with van der Waals surface area (Å²) >= 11 is 12.0. The average Bonchev–Trinajstić information content (AvgIpc) is 3.13. The first-order valence-electron chi connectivity index (χ1n) is 12.4. The smallest absolute Gasteiger partial charge is 0.251 e. The molecule has 39 heavy (non-hydrogen) atoms. The molecule has 0 saturated carbocycles. The Morgan fingerprint density at radius 2 is 1.74 bits per heavy atom. The molecule has 0 bridgehead atoms. The second-order valence-electron chi connectivity index (χ2n) is 9.34. The van der Waals surface area contributed by atoms with Gasteiger partial charge in [0, 0.05) is 40.8 Å². The lowest BCUT2D eigenvalue weighted by atomic mass is 10.1. The number of carbonyl (C=O) groups excluding carboxylic acids is 2. The molecule has 1 aliphatic heterocycles. The van der Waals surface area contributed by atoms with Crippen LogP contribution in [0.5, 0.6) is 0 Å². The van der Waals surface area contributed by atoms with Crippen molar-refractivity contribution in [1.82, 2.24) is 14.9 Å². The van der Waals surface area contributed by atoms with Crippen molar-refractivity contribution in [2.24, 2.45) is 0 Å². The van der Waals surface area contributed by atoms with Gasteiger partial charge in [0.2, 0.25) is 15.9 Å². The summed E-state index contributed by atoms with van der Waals surface area (Å²) < 4.78 is 43.0. The molecule has 0 unspecified atom stereocenters. The van der Waals surface area contributed by atoms with E-state index < -0.39 is 27.8 Å². The van der Waals surface area contributed by atoms with Gasteiger partial charge >= 0.3 is 0 Å². The highest BCUT2D eigenvalue weighted by molar-refractivity contribution is 7.89. The Labute approximate surface area is 237 Å². The molecule has 2 amide bonds. The standard InChI is InChI=1S/C28H28Cl2FN3O4S/c1-18-5-14-24(30)23(26(18)31)16-33-27(35)20-8-6-19(7-9-20)17-34(25-4-2-3-15-32-28(25)36)39(37,38)22-12-10-21(29)11-13-22/h5-14,25H,2-4,15-17H2,1H3,(H,32,36)(H,33,35)/t25-/m1/s1. The van der Waals surface area contributed by atoms with E-state index >= 15 is 0 Å². The van der Waals surface area contributed by atoms with Gasteiger partial charge in [-0.15, -0.1) is 0 Å². The first-order chi connectivity index (χ1) is 18.6. The van der Waals surface area contributed by atoms with Gasteiger partial charge in [0.1, 0.15) is 11.9 Å². The molecule has 3 aromatic carbocycles. The van der Waals surface area contributed by atoms with Gasteiger partial charge in [-0.2, -0.15) is 4.31 Å². The number of halogens is 3. The van der Waals surface area contributed by atoms with Gasteiger partial charge in [-0.1, -0.05) is 41.4 Å². The van der Waals surface area contributed by atoms with E-state index in [9.17, 15) is 22.4 Å². The van der Waals surface area contributed by atoms with Gasteiger partial charge in [0.15, 0.2) is 0 Å². The van der Waals surface area contributed by atoms with Crippen molar-refractivity contribution >= 4 is 45.0 Å². The van der Waals surface area contributed by atoms with Gasteiger partial charge in [0.05, 0.1) is 4.90 Å². The predicted molar refractivity (Wildman–Crippen MR) is 149 cm³/mol. The zero-order valence-corrected chi connectivity index (χ0v) is 23.5. The van der Waals surface area contributed by atoms with E-state index in [0.29, 0.717) is 41.1 Å². The lowest BCUT2D eigenvalue weighted by molar-refractivity contribution is -0.124. The van der Waals surface area contributed by atoms with Gasteiger partial charge in [0.25, 0.3) is 5.91 Å². The number of carbonyl (C=O) groups is 2. The van der Waals surface area contributed by atoms with E-state index in [1.54, 1.807) is 43.3 Å². The van der Waals surface area contributed by atoms with Gasteiger partial charge < -0.3 is 10.6 Å². The van der Waals surface area contributed by atoms with Gasteiger partial charge in [-0.3, -0.25) is 9.59 Å². The minimum atomic E-state index is -4.06. The van der Waals surface area contributed by atoms with E-state index in [2.05, 4.69) is 10.6 Å². The Balaban J connectivity index is 1.54. The van der Waals surface area contributed by atoms with Gasteiger partial charge in [-0.25, -0.2) is 12.8 Å². The molecule has 7 nitrogen and oxygen atoms in total. The number of amides is 2. The normalized spacial score (nSPS) is 16.0. The van der Waals surface area contributed by atoms with Crippen LogP contribution in [0.2, 0.25) is 10.0 Å². The van der Waals surface area contributed by atoms with Crippen LogP contribution >= 0.6 is 23.2 Å². The van der Waals surface area contributed by atoms with Crippen LogP contribution in [-0.4, -0.2) is 37.1 Å². The number of benzene rings is 3. The molecule has 1 aliphatic rings. The number of sulfonamides is 1. The molecule has 0 spiro atoms. The zero-order chi connectivity index (χ0) is 28.2. The average molecular weight is 593 g/mol. The van der Waals surface area contributed by atoms with Crippen molar-refractivity contribution in [1.29, 1.82) is 0 Å². The summed E-state index contributed by atoms with van der Waals surface area (Å²) in [5.74, 6) is -1.25. The van der Waals surface area contributed by atoms with Crippen molar-refractivity contribution in [3.63, 3.8) is 0 Å². The van der Waals surface area contributed by atoms with Crippen molar-refractivity contribution in [2.45, 2.75) is 50.2 Å². The van der Waals surface area contributed by atoms with Crippen LogP contribution in [0.25, 0.3) is 0 Å². The number of aryl methyl sites for hydroxylation is 1. The van der Waals surface area contributed by atoms with E-state index in [-0.39, 0.29) is 34.5 Å². The number of nitrogens with one attached hydrogen (secondary N) is 2. The third-order valence-electron chi connectivity index (χ3n) is 6.63. The highest BCUT2D eigenvalue weighted by atomic mass is 35.5. The van der Waals surface area contributed by atoms with Crippen LogP contribution in [0.1, 0.15) is 46.3 Å². The summed E-state index contributed by atoms with van der Waals surface area (Å²) in [5, 5.41) is 6.08. The SMILES string of the molecule is Cc1ccc(Cl)c(CNC(=O)c2ccc(CN([C@@H]3CCCCNC3=O)S(=O)(=O)c3ccc(Cl)cc3)cc2)c1F.